The Bertz CT molecular complexity index is 392. The molecule has 4 unspecified atom stereocenters. The van der Waals surface area contributed by atoms with Crippen LogP contribution < -0.4 is 0 Å². The third-order valence-corrected chi connectivity index (χ3v) is 5.96. The van der Waals surface area contributed by atoms with Gasteiger partial charge in [-0.25, -0.2) is 0 Å². The van der Waals surface area contributed by atoms with Crippen LogP contribution in [0.15, 0.2) is 0 Å². The van der Waals surface area contributed by atoms with Crippen molar-refractivity contribution in [2.45, 2.75) is 77.6 Å². The fourth-order valence-electron chi connectivity index (χ4n) is 4.83. The molecule has 114 valence electrons. The Morgan fingerprint density at radius 1 is 1.30 bits per heavy atom. The van der Waals surface area contributed by atoms with Crippen LogP contribution >= 0.6 is 0 Å². The van der Waals surface area contributed by atoms with Crippen molar-refractivity contribution in [1.29, 1.82) is 0 Å². The van der Waals surface area contributed by atoms with Gasteiger partial charge >= 0.3 is 5.97 Å². The standard InChI is InChI=1S/C17H28O3/c1-10(2)13-7-8-17-9-14(13)16(19-12(4)18)11(3)5-6-15(17)20-17/h10-11,13-16H,5-9H2,1-4H3/t11?,13?,14?,15-,16?,17+/m1/s1. The van der Waals surface area contributed by atoms with Crippen molar-refractivity contribution in [2.24, 2.45) is 23.7 Å². The quantitative estimate of drug-likeness (QED) is 0.573. The minimum absolute atomic E-state index is 0.0854. The van der Waals surface area contributed by atoms with Gasteiger partial charge in [0.2, 0.25) is 0 Å². The lowest BCUT2D eigenvalue weighted by molar-refractivity contribution is -0.157. The van der Waals surface area contributed by atoms with Gasteiger partial charge in [-0.3, -0.25) is 4.79 Å². The van der Waals surface area contributed by atoms with Crippen LogP contribution in [0, 0.1) is 23.7 Å². The van der Waals surface area contributed by atoms with E-state index >= 15 is 0 Å². The topological polar surface area (TPSA) is 38.8 Å². The molecular weight excluding hydrogens is 252 g/mol. The Hall–Kier alpha value is -0.570. The van der Waals surface area contributed by atoms with Gasteiger partial charge in [-0.1, -0.05) is 20.8 Å². The van der Waals surface area contributed by atoms with Crippen LogP contribution in [0.1, 0.15) is 59.8 Å². The monoisotopic (exact) mass is 280 g/mol. The van der Waals surface area contributed by atoms with Crippen LogP contribution in [0.4, 0.5) is 0 Å². The van der Waals surface area contributed by atoms with Gasteiger partial charge in [0.05, 0.1) is 11.7 Å². The molecule has 2 bridgehead atoms. The van der Waals surface area contributed by atoms with E-state index in [0.717, 1.165) is 19.3 Å². The first-order valence-electron chi connectivity index (χ1n) is 8.28. The molecule has 0 amide bonds. The summed E-state index contributed by atoms with van der Waals surface area (Å²) in [4.78, 5) is 11.5. The Morgan fingerprint density at radius 2 is 2.05 bits per heavy atom. The van der Waals surface area contributed by atoms with Crippen molar-refractivity contribution in [3.8, 4) is 0 Å². The molecule has 1 spiro atoms. The van der Waals surface area contributed by atoms with Gasteiger partial charge in [0.15, 0.2) is 0 Å². The van der Waals surface area contributed by atoms with Gasteiger partial charge in [-0.15, -0.1) is 0 Å². The minimum Gasteiger partial charge on any atom is -0.462 e. The highest BCUT2D eigenvalue weighted by atomic mass is 16.6. The molecular formula is C17H28O3. The normalized spacial score (nSPS) is 47.1. The number of ether oxygens (including phenoxy) is 2. The van der Waals surface area contributed by atoms with Gasteiger partial charge in [-0.05, 0) is 49.9 Å². The van der Waals surface area contributed by atoms with Crippen molar-refractivity contribution < 1.29 is 14.3 Å². The Morgan fingerprint density at radius 3 is 2.70 bits per heavy atom. The average Bonchev–Trinajstić information content (AvgIpc) is 3.03. The van der Waals surface area contributed by atoms with Crippen LogP contribution in [0.5, 0.6) is 0 Å². The fourth-order valence-corrected chi connectivity index (χ4v) is 4.83. The maximum atomic E-state index is 11.5. The number of hydrogen-bond acceptors (Lipinski definition) is 3. The van der Waals surface area contributed by atoms with Gasteiger partial charge in [0.25, 0.3) is 0 Å². The molecule has 2 saturated carbocycles. The van der Waals surface area contributed by atoms with Gasteiger partial charge in [0.1, 0.15) is 6.10 Å². The molecule has 0 aromatic carbocycles. The molecule has 1 heterocycles. The van der Waals surface area contributed by atoms with Crippen LogP contribution in [-0.4, -0.2) is 23.8 Å². The van der Waals surface area contributed by atoms with Crippen molar-refractivity contribution in [3.05, 3.63) is 0 Å². The van der Waals surface area contributed by atoms with E-state index in [1.807, 2.05) is 0 Å². The van der Waals surface area contributed by atoms with Crippen LogP contribution in [0.25, 0.3) is 0 Å². The van der Waals surface area contributed by atoms with E-state index < -0.39 is 0 Å². The zero-order valence-corrected chi connectivity index (χ0v) is 13.2. The third kappa shape index (κ3) is 2.38. The first kappa shape index (κ1) is 14.4. The summed E-state index contributed by atoms with van der Waals surface area (Å²) in [6.07, 6.45) is 6.36. The van der Waals surface area contributed by atoms with Gasteiger partial charge in [-0.2, -0.15) is 0 Å². The number of fused-ring (bicyclic) bond motifs is 1. The first-order valence-corrected chi connectivity index (χ1v) is 8.28. The van der Waals surface area contributed by atoms with Crippen molar-refractivity contribution in [2.75, 3.05) is 0 Å². The average molecular weight is 280 g/mol. The molecule has 3 rings (SSSR count). The number of carbonyl (C=O) groups excluding carboxylic acids is 1. The highest BCUT2D eigenvalue weighted by molar-refractivity contribution is 5.66. The first-order chi connectivity index (χ1) is 9.43. The predicted octanol–water partition coefficient (Wildman–Crippen LogP) is 3.56. The highest BCUT2D eigenvalue weighted by Crippen LogP contribution is 2.57. The van der Waals surface area contributed by atoms with Crippen LogP contribution in [0.3, 0.4) is 0 Å². The molecule has 0 aromatic rings. The molecule has 3 aliphatic rings. The third-order valence-electron chi connectivity index (χ3n) is 5.96. The summed E-state index contributed by atoms with van der Waals surface area (Å²) in [6, 6.07) is 0. The minimum atomic E-state index is -0.127. The molecule has 20 heavy (non-hydrogen) atoms. The molecule has 3 nitrogen and oxygen atoms in total. The number of rotatable bonds is 2. The van der Waals surface area contributed by atoms with Crippen molar-refractivity contribution >= 4 is 5.97 Å². The second-order valence-corrected chi connectivity index (χ2v) is 7.61. The molecule has 0 N–H and O–H groups in total. The zero-order chi connectivity index (χ0) is 14.5. The largest absolute Gasteiger partial charge is 0.462 e. The van der Waals surface area contributed by atoms with E-state index in [-0.39, 0.29) is 17.7 Å². The number of carbonyl (C=O) groups is 1. The highest BCUT2D eigenvalue weighted by Gasteiger charge is 2.61. The molecule has 3 fully saturated rings. The molecule has 0 aromatic heterocycles. The van der Waals surface area contributed by atoms with E-state index in [1.54, 1.807) is 6.92 Å². The second-order valence-electron chi connectivity index (χ2n) is 7.61. The summed E-state index contributed by atoms with van der Waals surface area (Å²) in [5, 5.41) is 0. The predicted molar refractivity (Wildman–Crippen MR) is 77.2 cm³/mol. The van der Waals surface area contributed by atoms with E-state index in [9.17, 15) is 4.79 Å². The molecule has 0 radical (unpaired) electrons. The lowest BCUT2D eigenvalue weighted by atomic mass is 9.63. The number of epoxide rings is 1. The Labute approximate surface area is 122 Å². The molecule has 1 aliphatic heterocycles. The zero-order valence-electron chi connectivity index (χ0n) is 13.2. The lowest BCUT2D eigenvalue weighted by Crippen LogP contribution is -2.46. The number of esters is 1. The molecule has 6 atom stereocenters. The lowest BCUT2D eigenvalue weighted by Gasteiger charge is -2.44. The van der Waals surface area contributed by atoms with E-state index in [4.69, 9.17) is 9.47 Å². The van der Waals surface area contributed by atoms with E-state index in [2.05, 4.69) is 20.8 Å². The van der Waals surface area contributed by atoms with Crippen molar-refractivity contribution in [3.63, 3.8) is 0 Å². The SMILES string of the molecule is CC(=O)OC1C(C)CC[C@H]2O[C@]23CCC(C(C)C)C1C3. The van der Waals surface area contributed by atoms with Crippen molar-refractivity contribution in [1.82, 2.24) is 0 Å². The number of hydrogen-bond donors (Lipinski definition) is 0. The van der Waals surface area contributed by atoms with E-state index in [0.29, 0.717) is 29.8 Å². The summed E-state index contributed by atoms with van der Waals surface area (Å²) < 4.78 is 11.9. The summed E-state index contributed by atoms with van der Waals surface area (Å²) >= 11 is 0. The molecule has 1 saturated heterocycles. The smallest absolute Gasteiger partial charge is 0.302 e. The molecule has 2 aliphatic carbocycles. The maximum absolute atomic E-state index is 11.5. The second kappa shape index (κ2) is 5.01. The fraction of sp³-hybridized carbons (Fsp3) is 0.941. The Balaban J connectivity index is 1.87. The maximum Gasteiger partial charge on any atom is 0.302 e. The van der Waals surface area contributed by atoms with Crippen LogP contribution in [0.2, 0.25) is 0 Å². The summed E-state index contributed by atoms with van der Waals surface area (Å²) in [7, 11) is 0. The summed E-state index contributed by atoms with van der Waals surface area (Å²) in [5.41, 5.74) is 0.147. The van der Waals surface area contributed by atoms with Crippen LogP contribution in [-0.2, 0) is 14.3 Å². The summed E-state index contributed by atoms with van der Waals surface area (Å²) in [5.74, 6) is 2.12. The van der Waals surface area contributed by atoms with Gasteiger partial charge < -0.3 is 9.47 Å². The van der Waals surface area contributed by atoms with Gasteiger partial charge in [0, 0.05) is 12.8 Å². The molecule has 3 heteroatoms. The van der Waals surface area contributed by atoms with E-state index in [1.165, 1.54) is 12.8 Å². The summed E-state index contributed by atoms with van der Waals surface area (Å²) in [6.45, 7) is 8.41. The Kier molecular flexibility index (Phi) is 3.60.